The highest BCUT2D eigenvalue weighted by atomic mass is 16.5. The Balaban J connectivity index is 2.33. The molecule has 1 aliphatic heterocycles. The molecule has 0 aliphatic carbocycles. The number of ketones is 1. The standard InChI is InChI=1S/C18H25N3O5/c1-6-18(7-2)16(24)21(17(25)20-18)9-12(22)13-10(4)19-11(5)14(13)15(23)26-8-3/h19H,6-9H2,1-5H3,(H,20,25). The minimum atomic E-state index is -0.968. The summed E-state index contributed by atoms with van der Waals surface area (Å²) in [5, 5.41) is 2.69. The lowest BCUT2D eigenvalue weighted by molar-refractivity contribution is -0.131. The number of hydrogen-bond donors (Lipinski definition) is 2. The van der Waals surface area contributed by atoms with Crippen LogP contribution in [0, 0.1) is 13.8 Å². The summed E-state index contributed by atoms with van der Waals surface area (Å²) < 4.78 is 5.02. The number of carbonyl (C=O) groups is 4. The monoisotopic (exact) mass is 363 g/mol. The SMILES string of the molecule is CCOC(=O)c1c(C)[nH]c(C)c1C(=O)CN1C(=O)NC(CC)(CC)C1=O. The zero-order valence-electron chi connectivity index (χ0n) is 15.8. The number of Topliss-reactive ketones (excluding diaryl/α,β-unsaturated/α-hetero) is 1. The average Bonchev–Trinajstić information content (AvgIpc) is 3.02. The van der Waals surface area contributed by atoms with Crippen molar-refractivity contribution in [3.8, 4) is 0 Å². The van der Waals surface area contributed by atoms with Crippen LogP contribution in [0.1, 0.15) is 65.7 Å². The molecule has 1 fully saturated rings. The van der Waals surface area contributed by atoms with Gasteiger partial charge in [-0.3, -0.25) is 14.5 Å². The van der Waals surface area contributed by atoms with Gasteiger partial charge in [-0.2, -0.15) is 0 Å². The zero-order chi connectivity index (χ0) is 19.6. The van der Waals surface area contributed by atoms with Crippen molar-refractivity contribution in [2.45, 2.75) is 53.0 Å². The van der Waals surface area contributed by atoms with Gasteiger partial charge in [0.05, 0.1) is 24.3 Å². The van der Waals surface area contributed by atoms with E-state index in [1.165, 1.54) is 0 Å². The fourth-order valence-electron chi connectivity index (χ4n) is 3.36. The van der Waals surface area contributed by atoms with E-state index in [9.17, 15) is 19.2 Å². The van der Waals surface area contributed by atoms with Crippen LogP contribution in [0.25, 0.3) is 0 Å². The van der Waals surface area contributed by atoms with Gasteiger partial charge in [-0.05, 0) is 33.6 Å². The molecule has 2 N–H and O–H groups in total. The van der Waals surface area contributed by atoms with Crippen LogP contribution in [0.3, 0.4) is 0 Å². The van der Waals surface area contributed by atoms with Crippen LogP contribution in [0.2, 0.25) is 0 Å². The van der Waals surface area contributed by atoms with Gasteiger partial charge in [-0.15, -0.1) is 0 Å². The van der Waals surface area contributed by atoms with Crippen LogP contribution in [-0.2, 0) is 9.53 Å². The molecule has 0 bridgehead atoms. The maximum atomic E-state index is 12.8. The molecule has 3 amide bonds. The molecule has 0 spiro atoms. The highest BCUT2D eigenvalue weighted by Gasteiger charge is 2.49. The smallest absolute Gasteiger partial charge is 0.340 e. The van der Waals surface area contributed by atoms with E-state index in [1.54, 1.807) is 20.8 Å². The molecule has 2 rings (SSSR count). The molecule has 1 aromatic heterocycles. The van der Waals surface area contributed by atoms with Crippen molar-refractivity contribution in [2.75, 3.05) is 13.2 Å². The van der Waals surface area contributed by atoms with Crippen LogP contribution >= 0.6 is 0 Å². The van der Waals surface area contributed by atoms with E-state index in [1.807, 2.05) is 13.8 Å². The first kappa shape index (κ1) is 19.7. The van der Waals surface area contributed by atoms with Gasteiger partial charge in [0.15, 0.2) is 5.78 Å². The van der Waals surface area contributed by atoms with Gasteiger partial charge in [0.1, 0.15) is 5.54 Å². The molecule has 0 atom stereocenters. The van der Waals surface area contributed by atoms with Gasteiger partial charge in [0.25, 0.3) is 5.91 Å². The van der Waals surface area contributed by atoms with E-state index >= 15 is 0 Å². The minimum absolute atomic E-state index is 0.152. The molecule has 8 heteroatoms. The van der Waals surface area contributed by atoms with Crippen LogP contribution in [-0.4, -0.2) is 52.3 Å². The third-order valence-electron chi connectivity index (χ3n) is 4.89. The van der Waals surface area contributed by atoms with E-state index in [0.717, 1.165) is 4.90 Å². The number of rotatable bonds is 7. The molecule has 26 heavy (non-hydrogen) atoms. The third kappa shape index (κ3) is 3.11. The number of amides is 3. The van der Waals surface area contributed by atoms with E-state index in [0.29, 0.717) is 24.2 Å². The Morgan fingerprint density at radius 3 is 2.12 bits per heavy atom. The Bertz CT molecular complexity index is 761. The number of nitrogens with zero attached hydrogens (tertiary/aromatic N) is 1. The molecule has 2 heterocycles. The quantitative estimate of drug-likeness (QED) is 0.438. The zero-order valence-corrected chi connectivity index (χ0v) is 15.8. The Morgan fingerprint density at radius 1 is 1.04 bits per heavy atom. The number of nitrogens with one attached hydrogen (secondary N) is 2. The summed E-state index contributed by atoms with van der Waals surface area (Å²) in [7, 11) is 0. The lowest BCUT2D eigenvalue weighted by Crippen LogP contribution is -2.46. The summed E-state index contributed by atoms with van der Waals surface area (Å²) in [5.74, 6) is -1.50. The first-order valence-electron chi connectivity index (χ1n) is 8.75. The Hall–Kier alpha value is -2.64. The van der Waals surface area contributed by atoms with Crippen molar-refractivity contribution >= 4 is 23.7 Å². The Morgan fingerprint density at radius 2 is 1.62 bits per heavy atom. The van der Waals surface area contributed by atoms with E-state index < -0.39 is 35.8 Å². The number of esters is 1. The highest BCUT2D eigenvalue weighted by Crippen LogP contribution is 2.26. The topological polar surface area (TPSA) is 109 Å². The second kappa shape index (κ2) is 7.31. The normalized spacial score (nSPS) is 16.0. The van der Waals surface area contributed by atoms with Gasteiger partial charge in [-0.1, -0.05) is 13.8 Å². The largest absolute Gasteiger partial charge is 0.462 e. The maximum Gasteiger partial charge on any atom is 0.340 e. The van der Waals surface area contributed by atoms with Crippen LogP contribution in [0.5, 0.6) is 0 Å². The van der Waals surface area contributed by atoms with E-state index in [-0.39, 0.29) is 17.7 Å². The Kier molecular flexibility index (Phi) is 5.53. The summed E-state index contributed by atoms with van der Waals surface area (Å²) >= 11 is 0. The number of H-pyrrole nitrogens is 1. The molecule has 1 saturated heterocycles. The lowest BCUT2D eigenvalue weighted by atomic mass is 9.93. The van der Waals surface area contributed by atoms with Crippen molar-refractivity contribution in [2.24, 2.45) is 0 Å². The van der Waals surface area contributed by atoms with Crippen LogP contribution in [0.15, 0.2) is 0 Å². The van der Waals surface area contributed by atoms with Crippen molar-refractivity contribution < 1.29 is 23.9 Å². The number of imide groups is 1. The predicted octanol–water partition coefficient (Wildman–Crippen LogP) is 2.10. The highest BCUT2D eigenvalue weighted by molar-refractivity contribution is 6.14. The van der Waals surface area contributed by atoms with Gasteiger partial charge in [0, 0.05) is 11.4 Å². The number of aromatic nitrogens is 1. The molecule has 142 valence electrons. The summed E-state index contributed by atoms with van der Waals surface area (Å²) in [6.45, 7) is 8.39. The molecule has 0 aromatic carbocycles. The second-order valence-corrected chi connectivity index (χ2v) is 6.38. The van der Waals surface area contributed by atoms with Gasteiger partial charge < -0.3 is 15.0 Å². The first-order chi connectivity index (χ1) is 12.2. The second-order valence-electron chi connectivity index (χ2n) is 6.38. The molecule has 1 aliphatic rings. The number of hydrogen-bond acceptors (Lipinski definition) is 5. The van der Waals surface area contributed by atoms with Gasteiger partial charge >= 0.3 is 12.0 Å². The molecule has 0 saturated carbocycles. The number of urea groups is 1. The van der Waals surface area contributed by atoms with Crippen molar-refractivity contribution in [1.82, 2.24) is 15.2 Å². The molecule has 0 unspecified atom stereocenters. The fraction of sp³-hybridized carbons (Fsp3) is 0.556. The summed E-state index contributed by atoms with van der Waals surface area (Å²) in [6, 6.07) is -0.588. The molecule has 1 aromatic rings. The fourth-order valence-corrected chi connectivity index (χ4v) is 3.36. The number of aromatic amines is 1. The van der Waals surface area contributed by atoms with Crippen LogP contribution in [0.4, 0.5) is 4.79 Å². The number of carbonyl (C=O) groups excluding carboxylic acids is 4. The third-order valence-corrected chi connectivity index (χ3v) is 4.89. The summed E-state index contributed by atoms with van der Waals surface area (Å²) in [4.78, 5) is 53.8. The number of ether oxygens (including phenoxy) is 1. The maximum absolute atomic E-state index is 12.8. The van der Waals surface area contributed by atoms with Crippen LogP contribution < -0.4 is 5.32 Å². The molecular formula is C18H25N3O5. The Labute approximate surface area is 152 Å². The average molecular weight is 363 g/mol. The molecular weight excluding hydrogens is 338 g/mol. The van der Waals surface area contributed by atoms with Gasteiger partial charge in [0.2, 0.25) is 0 Å². The van der Waals surface area contributed by atoms with Crippen molar-refractivity contribution in [3.63, 3.8) is 0 Å². The first-order valence-corrected chi connectivity index (χ1v) is 8.75. The predicted molar refractivity (Wildman–Crippen MR) is 94.1 cm³/mol. The summed E-state index contributed by atoms with van der Waals surface area (Å²) in [6.07, 6.45) is 0.879. The van der Waals surface area contributed by atoms with Crippen molar-refractivity contribution in [1.29, 1.82) is 0 Å². The lowest BCUT2D eigenvalue weighted by Gasteiger charge is -2.23. The molecule has 0 radical (unpaired) electrons. The van der Waals surface area contributed by atoms with E-state index in [2.05, 4.69) is 10.3 Å². The van der Waals surface area contributed by atoms with Crippen molar-refractivity contribution in [3.05, 3.63) is 22.5 Å². The number of aryl methyl sites for hydroxylation is 2. The minimum Gasteiger partial charge on any atom is -0.462 e. The van der Waals surface area contributed by atoms with Gasteiger partial charge in [-0.25, -0.2) is 9.59 Å². The molecule has 8 nitrogen and oxygen atoms in total. The van der Waals surface area contributed by atoms with E-state index in [4.69, 9.17) is 4.74 Å². The summed E-state index contributed by atoms with van der Waals surface area (Å²) in [5.41, 5.74) is 0.355.